The molecule has 0 bridgehead atoms. The molecule has 0 spiro atoms. The van der Waals surface area contributed by atoms with Crippen LogP contribution in [0.5, 0.6) is 0 Å². The van der Waals surface area contributed by atoms with Gasteiger partial charge in [0.25, 0.3) is 5.91 Å². The summed E-state index contributed by atoms with van der Waals surface area (Å²) in [5.41, 5.74) is 1.75. The van der Waals surface area contributed by atoms with E-state index in [9.17, 15) is 4.79 Å². The topological polar surface area (TPSA) is 41.6 Å². The van der Waals surface area contributed by atoms with Gasteiger partial charge in [0, 0.05) is 35.1 Å². The van der Waals surface area contributed by atoms with Crippen LogP contribution in [0.3, 0.4) is 0 Å². The second kappa shape index (κ2) is 7.62. The molecule has 1 aliphatic heterocycles. The van der Waals surface area contributed by atoms with Crippen molar-refractivity contribution >= 4 is 22.9 Å². The van der Waals surface area contributed by atoms with E-state index in [1.165, 1.54) is 9.75 Å². The molecule has 2 heterocycles. The van der Waals surface area contributed by atoms with Crippen molar-refractivity contribution in [1.82, 2.24) is 5.32 Å². The van der Waals surface area contributed by atoms with Crippen molar-refractivity contribution in [3.05, 3.63) is 51.7 Å². The molecule has 0 atom stereocenters. The molecule has 1 aliphatic rings. The number of rotatable bonds is 5. The molecular formula is C18H22N2O2S. The first-order valence-corrected chi connectivity index (χ1v) is 8.81. The minimum atomic E-state index is 0.000342. The Morgan fingerprint density at radius 2 is 2.00 bits per heavy atom. The average molecular weight is 330 g/mol. The van der Waals surface area contributed by atoms with Gasteiger partial charge in [0.1, 0.15) is 0 Å². The van der Waals surface area contributed by atoms with E-state index in [0.717, 1.165) is 30.8 Å². The number of morpholine rings is 1. The maximum absolute atomic E-state index is 12.5. The maximum Gasteiger partial charge on any atom is 0.253 e. The van der Waals surface area contributed by atoms with Gasteiger partial charge >= 0.3 is 0 Å². The summed E-state index contributed by atoms with van der Waals surface area (Å²) < 4.78 is 5.40. The number of para-hydroxylation sites is 1. The summed E-state index contributed by atoms with van der Waals surface area (Å²) in [6.45, 7) is 5.86. The second-order valence-electron chi connectivity index (χ2n) is 5.63. The molecule has 1 aromatic carbocycles. The van der Waals surface area contributed by atoms with E-state index >= 15 is 0 Å². The lowest BCUT2D eigenvalue weighted by Gasteiger charge is -2.30. The Labute approximate surface area is 141 Å². The molecule has 1 fully saturated rings. The Morgan fingerprint density at radius 3 is 2.74 bits per heavy atom. The zero-order valence-corrected chi connectivity index (χ0v) is 14.2. The minimum absolute atomic E-state index is 0.000342. The zero-order chi connectivity index (χ0) is 16.1. The quantitative estimate of drug-likeness (QED) is 0.916. The van der Waals surface area contributed by atoms with Gasteiger partial charge in [-0.1, -0.05) is 12.1 Å². The summed E-state index contributed by atoms with van der Waals surface area (Å²) in [6.07, 6.45) is 0.879. The number of nitrogens with one attached hydrogen (secondary N) is 1. The number of amides is 1. The molecule has 0 saturated carbocycles. The lowest BCUT2D eigenvalue weighted by Crippen LogP contribution is -2.38. The number of benzene rings is 1. The fourth-order valence-electron chi connectivity index (χ4n) is 2.76. The van der Waals surface area contributed by atoms with Crippen molar-refractivity contribution in [3.8, 4) is 0 Å². The maximum atomic E-state index is 12.5. The molecule has 3 rings (SSSR count). The van der Waals surface area contributed by atoms with E-state index in [-0.39, 0.29) is 5.91 Å². The van der Waals surface area contributed by atoms with Gasteiger partial charge in [-0.3, -0.25) is 4.79 Å². The number of thiophene rings is 1. The first kappa shape index (κ1) is 16.0. The number of hydrogen-bond acceptors (Lipinski definition) is 4. The number of anilines is 1. The Balaban J connectivity index is 1.62. The van der Waals surface area contributed by atoms with Crippen LogP contribution >= 0.6 is 11.3 Å². The summed E-state index contributed by atoms with van der Waals surface area (Å²) in [7, 11) is 0. The SMILES string of the molecule is Cc1ccc(CCNC(=O)c2ccccc2N2CCOCC2)s1. The lowest BCUT2D eigenvalue weighted by molar-refractivity contribution is 0.0952. The van der Waals surface area contributed by atoms with Gasteiger partial charge in [-0.15, -0.1) is 11.3 Å². The summed E-state index contributed by atoms with van der Waals surface area (Å²) in [5, 5.41) is 3.05. The van der Waals surface area contributed by atoms with Crippen molar-refractivity contribution in [2.75, 3.05) is 37.7 Å². The van der Waals surface area contributed by atoms with Crippen molar-refractivity contribution in [1.29, 1.82) is 0 Å². The van der Waals surface area contributed by atoms with Gasteiger partial charge in [0.05, 0.1) is 18.8 Å². The van der Waals surface area contributed by atoms with Gasteiger partial charge in [-0.05, 0) is 37.6 Å². The first-order chi connectivity index (χ1) is 11.2. The van der Waals surface area contributed by atoms with Crippen molar-refractivity contribution in [2.24, 2.45) is 0 Å². The molecule has 1 saturated heterocycles. The van der Waals surface area contributed by atoms with Gasteiger partial charge in [-0.25, -0.2) is 0 Å². The van der Waals surface area contributed by atoms with Gasteiger partial charge in [-0.2, -0.15) is 0 Å². The van der Waals surface area contributed by atoms with Crippen LogP contribution in [0.4, 0.5) is 5.69 Å². The number of ether oxygens (including phenoxy) is 1. The summed E-state index contributed by atoms with van der Waals surface area (Å²) in [6, 6.07) is 12.1. The Hall–Kier alpha value is -1.85. The van der Waals surface area contributed by atoms with E-state index < -0.39 is 0 Å². The monoisotopic (exact) mass is 330 g/mol. The Kier molecular flexibility index (Phi) is 5.31. The molecule has 4 nitrogen and oxygen atoms in total. The number of nitrogens with zero attached hydrogens (tertiary/aromatic N) is 1. The van der Waals surface area contributed by atoms with Crippen LogP contribution in [0.15, 0.2) is 36.4 Å². The molecule has 0 unspecified atom stereocenters. The predicted octanol–water partition coefficient (Wildman–Crippen LogP) is 2.87. The lowest BCUT2D eigenvalue weighted by atomic mass is 10.1. The molecule has 1 amide bonds. The van der Waals surface area contributed by atoms with Crippen LogP contribution in [0.25, 0.3) is 0 Å². The number of carbonyl (C=O) groups is 1. The van der Waals surface area contributed by atoms with E-state index in [1.54, 1.807) is 11.3 Å². The average Bonchev–Trinajstić information content (AvgIpc) is 3.01. The Bertz CT molecular complexity index is 663. The number of aryl methyl sites for hydroxylation is 1. The molecule has 1 aromatic heterocycles. The van der Waals surface area contributed by atoms with Crippen LogP contribution in [0, 0.1) is 6.92 Å². The van der Waals surface area contributed by atoms with E-state index in [1.807, 2.05) is 24.3 Å². The fourth-order valence-corrected chi connectivity index (χ4v) is 3.65. The molecule has 0 aliphatic carbocycles. The first-order valence-electron chi connectivity index (χ1n) is 7.99. The van der Waals surface area contributed by atoms with Crippen LogP contribution in [0.2, 0.25) is 0 Å². The normalized spacial score (nSPS) is 14.7. The van der Waals surface area contributed by atoms with Crippen LogP contribution in [0.1, 0.15) is 20.1 Å². The third-order valence-electron chi connectivity index (χ3n) is 3.95. The highest BCUT2D eigenvalue weighted by Crippen LogP contribution is 2.21. The molecule has 2 aromatic rings. The highest BCUT2D eigenvalue weighted by atomic mass is 32.1. The van der Waals surface area contributed by atoms with Crippen LogP contribution < -0.4 is 10.2 Å². The smallest absolute Gasteiger partial charge is 0.253 e. The number of hydrogen-bond donors (Lipinski definition) is 1. The van der Waals surface area contributed by atoms with E-state index in [0.29, 0.717) is 19.8 Å². The molecule has 0 radical (unpaired) electrons. The fraction of sp³-hybridized carbons (Fsp3) is 0.389. The highest BCUT2D eigenvalue weighted by Gasteiger charge is 2.18. The summed E-state index contributed by atoms with van der Waals surface area (Å²) in [5.74, 6) is 0.000342. The zero-order valence-electron chi connectivity index (χ0n) is 13.4. The summed E-state index contributed by atoms with van der Waals surface area (Å²) in [4.78, 5) is 17.4. The summed E-state index contributed by atoms with van der Waals surface area (Å²) >= 11 is 1.79. The Morgan fingerprint density at radius 1 is 1.22 bits per heavy atom. The van der Waals surface area contributed by atoms with Crippen molar-refractivity contribution < 1.29 is 9.53 Å². The molecule has 122 valence electrons. The van der Waals surface area contributed by atoms with Crippen LogP contribution in [-0.2, 0) is 11.2 Å². The van der Waals surface area contributed by atoms with Crippen molar-refractivity contribution in [3.63, 3.8) is 0 Å². The number of carbonyl (C=O) groups excluding carboxylic acids is 1. The molecular weight excluding hydrogens is 308 g/mol. The van der Waals surface area contributed by atoms with E-state index in [2.05, 4.69) is 29.3 Å². The standard InChI is InChI=1S/C18H22N2O2S/c1-14-6-7-15(23-14)8-9-19-18(21)16-4-2-3-5-17(16)20-10-12-22-13-11-20/h2-7H,8-13H2,1H3,(H,19,21). The van der Waals surface area contributed by atoms with E-state index in [4.69, 9.17) is 4.74 Å². The third kappa shape index (κ3) is 4.12. The van der Waals surface area contributed by atoms with Crippen LogP contribution in [-0.4, -0.2) is 38.8 Å². The largest absolute Gasteiger partial charge is 0.378 e. The third-order valence-corrected chi connectivity index (χ3v) is 5.01. The highest BCUT2D eigenvalue weighted by molar-refractivity contribution is 7.11. The predicted molar refractivity (Wildman–Crippen MR) is 94.6 cm³/mol. The molecule has 1 N–H and O–H groups in total. The molecule has 23 heavy (non-hydrogen) atoms. The van der Waals surface area contributed by atoms with Gasteiger partial charge in [0.15, 0.2) is 0 Å². The second-order valence-corrected chi connectivity index (χ2v) is 7.01. The minimum Gasteiger partial charge on any atom is -0.378 e. The van der Waals surface area contributed by atoms with Gasteiger partial charge in [0.2, 0.25) is 0 Å². The van der Waals surface area contributed by atoms with Crippen molar-refractivity contribution in [2.45, 2.75) is 13.3 Å². The van der Waals surface area contributed by atoms with Gasteiger partial charge < -0.3 is 15.0 Å². The molecule has 5 heteroatoms.